The topological polar surface area (TPSA) is 99.0 Å². The number of imidazole rings is 1. The number of sulfonamides is 1. The lowest BCUT2D eigenvalue weighted by Gasteiger charge is -2.10. The van der Waals surface area contributed by atoms with Crippen LogP contribution < -0.4 is 9.46 Å². The van der Waals surface area contributed by atoms with Crippen molar-refractivity contribution in [2.75, 3.05) is 4.72 Å². The molecule has 31 heavy (non-hydrogen) atoms. The summed E-state index contributed by atoms with van der Waals surface area (Å²) in [5.74, 6) is 2.00. The maximum atomic E-state index is 12.5. The molecule has 2 heterocycles. The van der Waals surface area contributed by atoms with Gasteiger partial charge in [0.05, 0.1) is 5.75 Å². The van der Waals surface area contributed by atoms with E-state index < -0.39 is 10.0 Å². The molecule has 0 atom stereocenters. The minimum Gasteiger partial charge on any atom is -0.439 e. The van der Waals surface area contributed by atoms with Gasteiger partial charge in [-0.25, -0.2) is 18.4 Å². The highest BCUT2D eigenvalue weighted by Gasteiger charge is 2.12. The number of anilines is 1. The lowest BCUT2D eigenvalue weighted by atomic mass is 10.2. The molecule has 2 aromatic heterocycles. The quantitative estimate of drug-likeness (QED) is 0.471. The summed E-state index contributed by atoms with van der Waals surface area (Å²) >= 11 is 0. The van der Waals surface area contributed by atoms with E-state index in [1.807, 2.05) is 31.2 Å². The Morgan fingerprint density at radius 1 is 1.00 bits per heavy atom. The highest BCUT2D eigenvalue weighted by molar-refractivity contribution is 7.91. The molecule has 8 nitrogen and oxygen atoms in total. The summed E-state index contributed by atoms with van der Waals surface area (Å²) in [4.78, 5) is 12.7. The van der Waals surface area contributed by atoms with Crippen LogP contribution in [0.1, 0.15) is 17.0 Å². The molecule has 0 aliphatic rings. The number of benzene rings is 2. The van der Waals surface area contributed by atoms with Crippen molar-refractivity contribution in [1.82, 2.24) is 19.5 Å². The van der Waals surface area contributed by atoms with Gasteiger partial charge in [0, 0.05) is 24.1 Å². The van der Waals surface area contributed by atoms with Crippen LogP contribution in [0.15, 0.2) is 73.3 Å². The number of nitrogens with zero attached hydrogens (tertiary/aromatic N) is 4. The lowest BCUT2D eigenvalue weighted by molar-refractivity contribution is 0.459. The first-order chi connectivity index (χ1) is 14.9. The lowest BCUT2D eigenvalue weighted by Crippen LogP contribution is -2.15. The Labute approximate surface area is 180 Å². The maximum Gasteiger partial charge on any atom is 0.236 e. The van der Waals surface area contributed by atoms with Crippen molar-refractivity contribution in [2.45, 2.75) is 19.6 Å². The fourth-order valence-electron chi connectivity index (χ4n) is 2.94. The Morgan fingerprint density at radius 2 is 1.74 bits per heavy atom. The summed E-state index contributed by atoms with van der Waals surface area (Å²) in [5.41, 5.74) is 2.27. The minimum atomic E-state index is -3.53. The number of aryl methyl sites for hydroxylation is 2. The van der Waals surface area contributed by atoms with Gasteiger partial charge in [0.15, 0.2) is 0 Å². The Kier molecular flexibility index (Phi) is 5.68. The van der Waals surface area contributed by atoms with E-state index in [0.717, 1.165) is 11.1 Å². The summed E-state index contributed by atoms with van der Waals surface area (Å²) in [7, 11) is -3.53. The second-order valence-electron chi connectivity index (χ2n) is 7.05. The smallest absolute Gasteiger partial charge is 0.236 e. The third kappa shape index (κ3) is 5.46. The third-order valence-corrected chi connectivity index (χ3v) is 5.66. The van der Waals surface area contributed by atoms with E-state index in [1.165, 1.54) is 0 Å². The van der Waals surface area contributed by atoms with E-state index in [2.05, 4.69) is 19.7 Å². The zero-order valence-electron chi connectivity index (χ0n) is 17.1. The van der Waals surface area contributed by atoms with Crippen LogP contribution in [0.3, 0.4) is 0 Å². The standard InChI is InChI=1S/C22H21N5O3S/c1-16-3-5-18(6-4-16)14-31(28,29)26-19-7-9-20(10-8-19)30-22-13-21(24-17(2)25-22)27-12-11-23-15-27/h3-13,15,26H,14H2,1-2H3. The Balaban J connectivity index is 1.44. The first-order valence-corrected chi connectivity index (χ1v) is 11.2. The molecule has 0 fully saturated rings. The summed E-state index contributed by atoms with van der Waals surface area (Å²) < 4.78 is 35.1. The molecular weight excluding hydrogens is 414 g/mol. The van der Waals surface area contributed by atoms with Gasteiger partial charge < -0.3 is 4.74 Å². The number of nitrogens with one attached hydrogen (secondary N) is 1. The zero-order valence-corrected chi connectivity index (χ0v) is 17.9. The number of ether oxygens (including phenoxy) is 1. The van der Waals surface area contributed by atoms with Gasteiger partial charge in [-0.05, 0) is 43.7 Å². The molecule has 0 aliphatic heterocycles. The van der Waals surface area contributed by atoms with Crippen molar-refractivity contribution in [3.8, 4) is 17.4 Å². The van der Waals surface area contributed by atoms with E-state index in [4.69, 9.17) is 4.74 Å². The number of rotatable bonds is 7. The van der Waals surface area contributed by atoms with Crippen LogP contribution in [0.4, 0.5) is 5.69 Å². The van der Waals surface area contributed by atoms with Gasteiger partial charge in [-0.1, -0.05) is 29.8 Å². The Hall–Kier alpha value is -3.72. The van der Waals surface area contributed by atoms with Crippen molar-refractivity contribution < 1.29 is 13.2 Å². The summed E-state index contributed by atoms with van der Waals surface area (Å²) in [6.07, 6.45) is 5.09. The molecule has 2 aromatic carbocycles. The first-order valence-electron chi connectivity index (χ1n) is 9.54. The molecule has 158 valence electrons. The van der Waals surface area contributed by atoms with Crippen molar-refractivity contribution in [2.24, 2.45) is 0 Å². The van der Waals surface area contributed by atoms with Crippen LogP contribution in [-0.4, -0.2) is 27.9 Å². The van der Waals surface area contributed by atoms with E-state index in [1.54, 1.807) is 60.5 Å². The molecule has 0 amide bonds. The normalized spacial score (nSPS) is 11.3. The van der Waals surface area contributed by atoms with Gasteiger partial charge in [-0.2, -0.15) is 4.98 Å². The monoisotopic (exact) mass is 435 g/mol. The molecule has 9 heteroatoms. The fraction of sp³-hybridized carbons (Fsp3) is 0.136. The number of hydrogen-bond acceptors (Lipinski definition) is 6. The highest BCUT2D eigenvalue weighted by Crippen LogP contribution is 2.24. The van der Waals surface area contributed by atoms with Crippen molar-refractivity contribution in [3.63, 3.8) is 0 Å². The second-order valence-corrected chi connectivity index (χ2v) is 8.78. The van der Waals surface area contributed by atoms with Crippen LogP contribution >= 0.6 is 0 Å². The maximum absolute atomic E-state index is 12.5. The largest absolute Gasteiger partial charge is 0.439 e. The molecule has 0 spiro atoms. The van der Waals surface area contributed by atoms with Crippen LogP contribution in [0.25, 0.3) is 5.82 Å². The molecule has 0 saturated carbocycles. The minimum absolute atomic E-state index is 0.0945. The van der Waals surface area contributed by atoms with E-state index in [-0.39, 0.29) is 5.75 Å². The molecule has 0 aliphatic carbocycles. The predicted molar refractivity (Wildman–Crippen MR) is 118 cm³/mol. The Morgan fingerprint density at radius 3 is 2.42 bits per heavy atom. The zero-order chi connectivity index (χ0) is 21.8. The first kappa shape index (κ1) is 20.5. The van der Waals surface area contributed by atoms with E-state index in [9.17, 15) is 8.42 Å². The Bertz CT molecular complexity index is 1270. The van der Waals surface area contributed by atoms with Gasteiger partial charge >= 0.3 is 0 Å². The summed E-state index contributed by atoms with van der Waals surface area (Å²) in [5, 5.41) is 0. The summed E-state index contributed by atoms with van der Waals surface area (Å²) in [6, 6.07) is 15.8. The van der Waals surface area contributed by atoms with Crippen LogP contribution in [0, 0.1) is 13.8 Å². The van der Waals surface area contributed by atoms with E-state index >= 15 is 0 Å². The SMILES string of the molecule is Cc1ccc(CS(=O)(=O)Nc2ccc(Oc3cc(-n4ccnc4)nc(C)n3)cc2)cc1. The van der Waals surface area contributed by atoms with Crippen LogP contribution in [0.5, 0.6) is 11.6 Å². The molecular formula is C22H21N5O3S. The second kappa shape index (κ2) is 8.57. The van der Waals surface area contributed by atoms with Crippen LogP contribution in [-0.2, 0) is 15.8 Å². The average molecular weight is 436 g/mol. The van der Waals surface area contributed by atoms with Crippen molar-refractivity contribution >= 4 is 15.7 Å². The summed E-state index contributed by atoms with van der Waals surface area (Å²) in [6.45, 7) is 3.74. The molecule has 1 N–H and O–H groups in total. The average Bonchev–Trinajstić information content (AvgIpc) is 3.25. The third-order valence-electron chi connectivity index (χ3n) is 4.40. The van der Waals surface area contributed by atoms with Gasteiger partial charge in [-0.15, -0.1) is 0 Å². The number of hydrogen-bond donors (Lipinski definition) is 1. The molecule has 0 radical (unpaired) electrons. The fourth-order valence-corrected chi connectivity index (χ4v) is 4.13. The predicted octanol–water partition coefficient (Wildman–Crippen LogP) is 4.01. The molecule has 0 unspecified atom stereocenters. The van der Waals surface area contributed by atoms with Gasteiger partial charge in [0.25, 0.3) is 0 Å². The highest BCUT2D eigenvalue weighted by atomic mass is 32.2. The van der Waals surface area contributed by atoms with Gasteiger partial charge in [0.1, 0.15) is 23.7 Å². The van der Waals surface area contributed by atoms with Crippen molar-refractivity contribution in [1.29, 1.82) is 0 Å². The van der Waals surface area contributed by atoms with E-state index in [0.29, 0.717) is 29.0 Å². The van der Waals surface area contributed by atoms with Gasteiger partial charge in [-0.3, -0.25) is 9.29 Å². The number of aromatic nitrogens is 4. The van der Waals surface area contributed by atoms with Crippen molar-refractivity contribution in [3.05, 3.63) is 90.3 Å². The molecule has 0 bridgehead atoms. The molecule has 0 saturated heterocycles. The van der Waals surface area contributed by atoms with Gasteiger partial charge in [0.2, 0.25) is 15.9 Å². The molecule has 4 aromatic rings. The molecule has 4 rings (SSSR count). The van der Waals surface area contributed by atoms with Crippen LogP contribution in [0.2, 0.25) is 0 Å².